The number of nitrogens with one attached hydrogen (secondary N) is 1. The van der Waals surface area contributed by atoms with E-state index in [0.717, 1.165) is 5.56 Å². The lowest BCUT2D eigenvalue weighted by atomic mass is 10.0. The highest BCUT2D eigenvalue weighted by Gasteiger charge is 2.37. The quantitative estimate of drug-likeness (QED) is 0.437. The van der Waals surface area contributed by atoms with Crippen molar-refractivity contribution < 1.29 is 34.0 Å². The van der Waals surface area contributed by atoms with E-state index in [1.807, 2.05) is 11.0 Å². The molecule has 0 radical (unpaired) electrons. The predicted molar refractivity (Wildman–Crippen MR) is 129 cm³/mol. The summed E-state index contributed by atoms with van der Waals surface area (Å²) < 4.78 is 21.7. The Labute approximate surface area is 207 Å². The van der Waals surface area contributed by atoms with E-state index < -0.39 is 18.0 Å². The number of benzene rings is 1. The van der Waals surface area contributed by atoms with Gasteiger partial charge in [-0.25, -0.2) is 9.78 Å². The predicted octanol–water partition coefficient (Wildman–Crippen LogP) is 2.48. The number of aliphatic hydroxyl groups is 2. The second-order valence-corrected chi connectivity index (χ2v) is 8.76. The number of hydrogen-bond donors (Lipinski definition) is 3. The number of hydrogen-bond acceptors (Lipinski definition) is 10. The first-order valence-corrected chi connectivity index (χ1v) is 11.7. The highest BCUT2D eigenvalue weighted by Crippen LogP contribution is 2.33. The molecule has 1 atom stereocenters. The number of rotatable bonds is 6. The van der Waals surface area contributed by atoms with Gasteiger partial charge in [0.05, 0.1) is 24.4 Å². The number of aliphatic hydroxyl groups excluding tert-OH is 1. The van der Waals surface area contributed by atoms with Crippen LogP contribution < -0.4 is 19.5 Å². The fourth-order valence-corrected chi connectivity index (χ4v) is 4.33. The van der Waals surface area contributed by atoms with Crippen molar-refractivity contribution in [3.8, 4) is 17.4 Å². The molecule has 4 heterocycles. The van der Waals surface area contributed by atoms with Crippen molar-refractivity contribution in [2.75, 3.05) is 45.3 Å². The lowest BCUT2D eigenvalue weighted by Crippen LogP contribution is -2.48. The smallest absolute Gasteiger partial charge is 0.414 e. The molecule has 2 aliphatic heterocycles. The maximum Gasteiger partial charge on any atom is 0.414 e. The van der Waals surface area contributed by atoms with Crippen molar-refractivity contribution in [2.24, 2.45) is 0 Å². The molecule has 5 rings (SSSR count). The van der Waals surface area contributed by atoms with E-state index in [9.17, 15) is 15.0 Å². The van der Waals surface area contributed by atoms with Crippen molar-refractivity contribution in [3.05, 3.63) is 48.2 Å². The SMILES string of the molecule is COc1ccc2nccc(NC(=O)OC3(O)CCN(C[C@H](O)c4ccc5c(c4)OCCO5)CC3)c2n1. The van der Waals surface area contributed by atoms with E-state index in [-0.39, 0.29) is 12.8 Å². The van der Waals surface area contributed by atoms with Crippen LogP contribution in [0.4, 0.5) is 10.5 Å². The molecule has 11 heteroatoms. The Kier molecular flexibility index (Phi) is 6.77. The molecule has 0 aliphatic carbocycles. The Balaban J connectivity index is 1.16. The van der Waals surface area contributed by atoms with Gasteiger partial charge in [0, 0.05) is 44.7 Å². The summed E-state index contributed by atoms with van der Waals surface area (Å²) in [6.07, 6.45) is 0.432. The standard InChI is InChI=1S/C25H28N4O7/c1-33-22-5-3-17-23(28-22)18(6-9-26-17)27-24(31)36-25(32)7-10-29(11-8-25)15-19(30)16-2-4-20-21(14-16)35-13-12-34-20/h2-6,9,14,19,30,32H,7-8,10-13,15H2,1H3,(H,26,27,31)/t19-/m0/s1. The molecule has 0 bridgehead atoms. The van der Waals surface area contributed by atoms with Crippen molar-refractivity contribution >= 4 is 22.8 Å². The maximum absolute atomic E-state index is 12.6. The molecular weight excluding hydrogens is 468 g/mol. The summed E-state index contributed by atoms with van der Waals surface area (Å²) >= 11 is 0. The van der Waals surface area contributed by atoms with E-state index >= 15 is 0 Å². The Hall–Kier alpha value is -3.67. The minimum absolute atomic E-state index is 0.206. The molecule has 2 aliphatic rings. The number of methoxy groups -OCH3 is 1. The maximum atomic E-state index is 12.6. The second kappa shape index (κ2) is 10.1. The van der Waals surface area contributed by atoms with E-state index in [2.05, 4.69) is 15.3 Å². The van der Waals surface area contributed by atoms with Gasteiger partial charge in [0.25, 0.3) is 0 Å². The monoisotopic (exact) mass is 496 g/mol. The van der Waals surface area contributed by atoms with Gasteiger partial charge in [-0.15, -0.1) is 0 Å². The number of aromatic nitrogens is 2. The third kappa shape index (κ3) is 5.27. The second-order valence-electron chi connectivity index (χ2n) is 8.76. The summed E-state index contributed by atoms with van der Waals surface area (Å²) in [7, 11) is 1.50. The first kappa shape index (κ1) is 24.0. The summed E-state index contributed by atoms with van der Waals surface area (Å²) in [5.74, 6) is 0.0683. The molecule has 190 valence electrons. The van der Waals surface area contributed by atoms with Crippen LogP contribution in [0.2, 0.25) is 0 Å². The number of β-amino-alcohol motifs (C(OH)–C–C–N with tert-alkyl or cyclic N) is 1. The minimum atomic E-state index is -1.61. The zero-order valence-corrected chi connectivity index (χ0v) is 19.8. The van der Waals surface area contributed by atoms with Gasteiger partial charge in [-0.3, -0.25) is 15.2 Å². The molecule has 3 aromatic rings. The van der Waals surface area contributed by atoms with Gasteiger partial charge >= 0.3 is 6.09 Å². The van der Waals surface area contributed by atoms with Gasteiger partial charge < -0.3 is 29.2 Å². The first-order valence-electron chi connectivity index (χ1n) is 11.7. The lowest BCUT2D eigenvalue weighted by molar-refractivity contribution is -0.187. The van der Waals surface area contributed by atoms with Gasteiger partial charge in [0.15, 0.2) is 11.5 Å². The fraction of sp³-hybridized carbons (Fsp3) is 0.400. The summed E-state index contributed by atoms with van der Waals surface area (Å²) in [6, 6.07) is 10.4. The molecule has 0 spiro atoms. The molecule has 2 aromatic heterocycles. The number of carbonyl (C=O) groups is 1. The number of piperidine rings is 1. The Morgan fingerprint density at radius 2 is 1.94 bits per heavy atom. The molecular formula is C25H28N4O7. The van der Waals surface area contributed by atoms with Crippen molar-refractivity contribution in [3.63, 3.8) is 0 Å². The van der Waals surface area contributed by atoms with E-state index in [4.69, 9.17) is 18.9 Å². The van der Waals surface area contributed by atoms with Crippen LogP contribution in [0.15, 0.2) is 42.6 Å². The van der Waals surface area contributed by atoms with Crippen molar-refractivity contribution in [1.82, 2.24) is 14.9 Å². The number of carbonyl (C=O) groups excluding carboxylic acids is 1. The van der Waals surface area contributed by atoms with Gasteiger partial charge in [-0.1, -0.05) is 6.07 Å². The van der Waals surface area contributed by atoms with Crippen LogP contribution in [-0.2, 0) is 4.74 Å². The number of pyridine rings is 2. The van der Waals surface area contributed by atoms with Crippen LogP contribution in [0.3, 0.4) is 0 Å². The van der Waals surface area contributed by atoms with Crippen LogP contribution in [0.5, 0.6) is 17.4 Å². The molecule has 11 nitrogen and oxygen atoms in total. The van der Waals surface area contributed by atoms with Crippen LogP contribution in [0, 0.1) is 0 Å². The third-order valence-corrected chi connectivity index (χ3v) is 6.31. The van der Waals surface area contributed by atoms with E-state index in [1.54, 1.807) is 36.5 Å². The molecule has 36 heavy (non-hydrogen) atoms. The zero-order chi connectivity index (χ0) is 25.1. The summed E-state index contributed by atoms with van der Waals surface area (Å²) in [5.41, 5.74) is 2.15. The Bertz CT molecular complexity index is 1250. The molecule has 1 aromatic carbocycles. The van der Waals surface area contributed by atoms with Gasteiger partial charge in [0.1, 0.15) is 18.7 Å². The number of ether oxygens (including phenoxy) is 4. The summed E-state index contributed by atoms with van der Waals surface area (Å²) in [4.78, 5) is 23.2. The summed E-state index contributed by atoms with van der Waals surface area (Å²) in [6.45, 7) is 2.26. The van der Waals surface area contributed by atoms with Gasteiger partial charge in [-0.2, -0.15) is 0 Å². The zero-order valence-electron chi connectivity index (χ0n) is 19.8. The normalized spacial score (nSPS) is 17.9. The number of fused-ring (bicyclic) bond motifs is 2. The largest absolute Gasteiger partial charge is 0.486 e. The Morgan fingerprint density at radius 3 is 2.72 bits per heavy atom. The van der Waals surface area contributed by atoms with Gasteiger partial charge in [-0.05, 0) is 29.8 Å². The van der Waals surface area contributed by atoms with Crippen molar-refractivity contribution in [1.29, 1.82) is 0 Å². The average Bonchev–Trinajstić information content (AvgIpc) is 2.89. The van der Waals surface area contributed by atoms with E-state index in [0.29, 0.717) is 66.9 Å². The number of nitrogens with zero attached hydrogens (tertiary/aromatic N) is 3. The first-order chi connectivity index (χ1) is 17.4. The molecule has 3 N–H and O–H groups in total. The average molecular weight is 497 g/mol. The highest BCUT2D eigenvalue weighted by atomic mass is 16.7. The van der Waals surface area contributed by atoms with Crippen LogP contribution >= 0.6 is 0 Å². The van der Waals surface area contributed by atoms with Crippen LogP contribution in [0.1, 0.15) is 24.5 Å². The third-order valence-electron chi connectivity index (χ3n) is 6.31. The minimum Gasteiger partial charge on any atom is -0.486 e. The number of likely N-dealkylation sites (tertiary alicyclic amines) is 1. The Morgan fingerprint density at radius 1 is 1.17 bits per heavy atom. The number of anilines is 1. The molecule has 0 saturated carbocycles. The topological polar surface area (TPSA) is 136 Å². The molecule has 0 unspecified atom stereocenters. The lowest BCUT2D eigenvalue weighted by Gasteiger charge is -2.38. The molecule has 1 saturated heterocycles. The summed E-state index contributed by atoms with van der Waals surface area (Å²) in [5, 5.41) is 24.2. The van der Waals surface area contributed by atoms with E-state index in [1.165, 1.54) is 7.11 Å². The van der Waals surface area contributed by atoms with Crippen molar-refractivity contribution in [2.45, 2.75) is 24.7 Å². The fourth-order valence-electron chi connectivity index (χ4n) is 4.33. The van der Waals surface area contributed by atoms with Crippen LogP contribution in [0.25, 0.3) is 11.0 Å². The van der Waals surface area contributed by atoms with Crippen LogP contribution in [-0.4, -0.2) is 76.9 Å². The molecule has 1 fully saturated rings. The number of amides is 1. The molecule has 1 amide bonds. The van der Waals surface area contributed by atoms with Gasteiger partial charge in [0.2, 0.25) is 11.7 Å². The highest BCUT2D eigenvalue weighted by molar-refractivity contribution is 5.96.